The molecule has 0 unspecified atom stereocenters. The maximum absolute atomic E-state index is 12.9. The van der Waals surface area contributed by atoms with E-state index < -0.39 is 21.8 Å². The highest BCUT2D eigenvalue weighted by Crippen LogP contribution is 2.35. The predicted molar refractivity (Wildman–Crippen MR) is 91.2 cm³/mol. The SMILES string of the molecule is CCN(c1cccc(C(F)(F)F)c1)S(=O)(=O)c1ccc(OC)c(OC)c1. The number of hydrogen-bond donors (Lipinski definition) is 0. The van der Waals surface area contributed by atoms with Crippen LogP contribution in [0.3, 0.4) is 0 Å². The van der Waals surface area contributed by atoms with Crippen LogP contribution in [0.15, 0.2) is 47.4 Å². The second-order valence-electron chi connectivity index (χ2n) is 5.23. The third kappa shape index (κ3) is 3.87. The van der Waals surface area contributed by atoms with Gasteiger partial charge < -0.3 is 9.47 Å². The monoisotopic (exact) mass is 389 g/mol. The van der Waals surface area contributed by atoms with Crippen molar-refractivity contribution >= 4 is 15.7 Å². The highest BCUT2D eigenvalue weighted by atomic mass is 32.2. The molecule has 0 bridgehead atoms. The first kappa shape index (κ1) is 19.9. The second kappa shape index (κ2) is 7.45. The molecule has 0 spiro atoms. The molecule has 2 aromatic rings. The van der Waals surface area contributed by atoms with Crippen molar-refractivity contribution in [2.24, 2.45) is 0 Å². The lowest BCUT2D eigenvalue weighted by Crippen LogP contribution is -2.31. The summed E-state index contributed by atoms with van der Waals surface area (Å²) in [5.41, 5.74) is -0.993. The summed E-state index contributed by atoms with van der Waals surface area (Å²) in [6.45, 7) is 1.50. The van der Waals surface area contributed by atoms with Crippen LogP contribution >= 0.6 is 0 Å². The van der Waals surface area contributed by atoms with Crippen molar-refractivity contribution in [1.82, 2.24) is 0 Å². The average molecular weight is 389 g/mol. The van der Waals surface area contributed by atoms with Crippen molar-refractivity contribution in [3.05, 3.63) is 48.0 Å². The van der Waals surface area contributed by atoms with Gasteiger partial charge in [-0.2, -0.15) is 13.2 Å². The van der Waals surface area contributed by atoms with Crippen LogP contribution < -0.4 is 13.8 Å². The molecule has 0 saturated heterocycles. The standard InChI is InChI=1S/C17H18F3NO4S/c1-4-21(13-7-5-6-12(10-13)17(18,19)20)26(22,23)14-8-9-15(24-2)16(11-14)25-3/h5-11H,4H2,1-3H3. The summed E-state index contributed by atoms with van der Waals surface area (Å²) in [5, 5.41) is 0. The Bertz CT molecular complexity index is 882. The lowest BCUT2D eigenvalue weighted by atomic mass is 10.2. The van der Waals surface area contributed by atoms with E-state index in [4.69, 9.17) is 9.47 Å². The summed E-state index contributed by atoms with van der Waals surface area (Å²) < 4.78 is 75.8. The molecule has 0 fully saturated rings. The first-order valence-electron chi connectivity index (χ1n) is 7.57. The van der Waals surface area contributed by atoms with Crippen molar-refractivity contribution in [2.75, 3.05) is 25.1 Å². The van der Waals surface area contributed by atoms with Gasteiger partial charge in [-0.1, -0.05) is 6.07 Å². The van der Waals surface area contributed by atoms with Gasteiger partial charge in [0.1, 0.15) is 0 Å². The van der Waals surface area contributed by atoms with Crippen LogP contribution in [0.1, 0.15) is 12.5 Å². The Balaban J connectivity index is 2.53. The van der Waals surface area contributed by atoms with E-state index in [9.17, 15) is 21.6 Å². The molecule has 2 rings (SSSR count). The highest BCUT2D eigenvalue weighted by molar-refractivity contribution is 7.92. The van der Waals surface area contributed by atoms with E-state index in [0.717, 1.165) is 16.4 Å². The van der Waals surface area contributed by atoms with Crippen LogP contribution in [0.4, 0.5) is 18.9 Å². The van der Waals surface area contributed by atoms with Gasteiger partial charge in [-0.05, 0) is 37.3 Å². The number of hydrogen-bond acceptors (Lipinski definition) is 4. The number of alkyl halides is 3. The number of benzene rings is 2. The van der Waals surface area contributed by atoms with Gasteiger partial charge in [0.15, 0.2) is 11.5 Å². The minimum absolute atomic E-state index is 0.0437. The number of anilines is 1. The molecule has 2 aromatic carbocycles. The lowest BCUT2D eigenvalue weighted by molar-refractivity contribution is -0.137. The van der Waals surface area contributed by atoms with Crippen LogP contribution in [0.2, 0.25) is 0 Å². The molecule has 5 nitrogen and oxygen atoms in total. The van der Waals surface area contributed by atoms with Crippen LogP contribution in [0.25, 0.3) is 0 Å². The van der Waals surface area contributed by atoms with Crippen LogP contribution in [-0.2, 0) is 16.2 Å². The molecule has 0 amide bonds. The highest BCUT2D eigenvalue weighted by Gasteiger charge is 2.32. The molecule has 9 heteroatoms. The summed E-state index contributed by atoms with van der Waals surface area (Å²) >= 11 is 0. The number of ether oxygens (including phenoxy) is 2. The summed E-state index contributed by atoms with van der Waals surface area (Å²) in [4.78, 5) is -0.116. The lowest BCUT2D eigenvalue weighted by Gasteiger charge is -2.24. The van der Waals surface area contributed by atoms with Gasteiger partial charge in [0.05, 0.1) is 30.4 Å². The summed E-state index contributed by atoms with van der Waals surface area (Å²) in [7, 11) is -1.32. The van der Waals surface area contributed by atoms with E-state index in [1.807, 2.05) is 0 Å². The van der Waals surface area contributed by atoms with Gasteiger partial charge in [0.25, 0.3) is 10.0 Å². The first-order valence-corrected chi connectivity index (χ1v) is 9.01. The Kier molecular flexibility index (Phi) is 5.70. The molecule has 26 heavy (non-hydrogen) atoms. The molecular weight excluding hydrogens is 371 g/mol. The third-order valence-electron chi connectivity index (χ3n) is 3.69. The van der Waals surface area contributed by atoms with Crippen LogP contribution in [-0.4, -0.2) is 29.2 Å². The average Bonchev–Trinajstić information content (AvgIpc) is 2.61. The Morgan fingerprint density at radius 3 is 2.19 bits per heavy atom. The minimum atomic E-state index is -4.57. The van der Waals surface area contributed by atoms with E-state index in [0.29, 0.717) is 5.75 Å². The summed E-state index contributed by atoms with van der Waals surface area (Å²) in [6, 6.07) is 8.19. The zero-order valence-corrected chi connectivity index (χ0v) is 15.2. The van der Waals surface area contributed by atoms with Gasteiger partial charge in [-0.15, -0.1) is 0 Å². The molecule has 0 saturated carbocycles. The molecule has 0 atom stereocenters. The largest absolute Gasteiger partial charge is 0.493 e. The maximum Gasteiger partial charge on any atom is 0.416 e. The fraction of sp³-hybridized carbons (Fsp3) is 0.294. The van der Waals surface area contributed by atoms with Gasteiger partial charge >= 0.3 is 6.18 Å². The van der Waals surface area contributed by atoms with Gasteiger partial charge in [0, 0.05) is 12.6 Å². The van der Waals surface area contributed by atoms with E-state index in [1.165, 1.54) is 44.6 Å². The fourth-order valence-electron chi connectivity index (χ4n) is 2.43. The number of sulfonamides is 1. The third-order valence-corrected chi connectivity index (χ3v) is 5.59. The quantitative estimate of drug-likeness (QED) is 0.751. The Morgan fingerprint density at radius 2 is 1.65 bits per heavy atom. The topological polar surface area (TPSA) is 55.8 Å². The zero-order valence-electron chi connectivity index (χ0n) is 14.4. The summed E-state index contributed by atoms with van der Waals surface area (Å²) in [5.74, 6) is 0.544. The number of halogens is 3. The fourth-order valence-corrected chi connectivity index (χ4v) is 3.91. The molecule has 0 radical (unpaired) electrons. The van der Waals surface area contributed by atoms with Crippen molar-refractivity contribution in [2.45, 2.75) is 18.0 Å². The Morgan fingerprint density at radius 1 is 1.00 bits per heavy atom. The molecule has 0 aliphatic heterocycles. The number of methoxy groups -OCH3 is 2. The van der Waals surface area contributed by atoms with Crippen molar-refractivity contribution in [3.8, 4) is 11.5 Å². The van der Waals surface area contributed by atoms with Crippen LogP contribution in [0.5, 0.6) is 11.5 Å². The molecule has 142 valence electrons. The van der Waals surface area contributed by atoms with Crippen molar-refractivity contribution < 1.29 is 31.1 Å². The molecule has 0 aliphatic carbocycles. The molecule has 0 heterocycles. The van der Waals surface area contributed by atoms with E-state index in [-0.39, 0.29) is 22.9 Å². The second-order valence-corrected chi connectivity index (χ2v) is 7.10. The summed E-state index contributed by atoms with van der Waals surface area (Å²) in [6.07, 6.45) is -4.57. The smallest absolute Gasteiger partial charge is 0.416 e. The molecule has 0 N–H and O–H groups in total. The molecular formula is C17H18F3NO4S. The Labute approximate surface area is 150 Å². The Hall–Kier alpha value is -2.42. The van der Waals surface area contributed by atoms with E-state index in [2.05, 4.69) is 0 Å². The maximum atomic E-state index is 12.9. The van der Waals surface area contributed by atoms with Crippen molar-refractivity contribution in [1.29, 1.82) is 0 Å². The molecule has 0 aliphatic rings. The van der Waals surface area contributed by atoms with E-state index in [1.54, 1.807) is 6.92 Å². The van der Waals surface area contributed by atoms with E-state index >= 15 is 0 Å². The zero-order chi connectivity index (χ0) is 19.5. The van der Waals surface area contributed by atoms with Gasteiger partial charge in [-0.25, -0.2) is 8.42 Å². The normalized spacial score (nSPS) is 11.9. The van der Waals surface area contributed by atoms with Crippen molar-refractivity contribution in [3.63, 3.8) is 0 Å². The first-order chi connectivity index (χ1) is 12.1. The predicted octanol–water partition coefficient (Wildman–Crippen LogP) is 3.94. The number of rotatable bonds is 6. The minimum Gasteiger partial charge on any atom is -0.493 e. The number of nitrogens with zero attached hydrogens (tertiary/aromatic N) is 1. The molecule has 0 aromatic heterocycles. The van der Waals surface area contributed by atoms with Gasteiger partial charge in [-0.3, -0.25) is 4.31 Å². The van der Waals surface area contributed by atoms with Gasteiger partial charge in [0.2, 0.25) is 0 Å². The van der Waals surface area contributed by atoms with Crippen LogP contribution in [0, 0.1) is 0 Å².